The van der Waals surface area contributed by atoms with Gasteiger partial charge in [0.15, 0.2) is 0 Å². The third kappa shape index (κ3) is 1.98. The fraction of sp³-hybridized carbons (Fsp3) is 0.222. The van der Waals surface area contributed by atoms with Gasteiger partial charge in [-0.15, -0.1) is 0 Å². The first-order chi connectivity index (χ1) is 5.36. The maximum atomic E-state index is 3.79. The van der Waals surface area contributed by atoms with E-state index >= 15 is 0 Å². The van der Waals surface area contributed by atoms with Crippen LogP contribution < -0.4 is 5.32 Å². The summed E-state index contributed by atoms with van der Waals surface area (Å²) in [5.74, 6) is 0. The second-order valence-electron chi connectivity index (χ2n) is 2.16. The van der Waals surface area contributed by atoms with Crippen molar-refractivity contribution in [1.82, 2.24) is 0 Å². The molecule has 0 aromatic heterocycles. The van der Waals surface area contributed by atoms with Crippen LogP contribution in [0.2, 0.25) is 0 Å². The van der Waals surface area contributed by atoms with Crippen LogP contribution in [-0.2, 0) is 0 Å². The molecule has 0 saturated heterocycles. The normalized spacial score (nSPS) is 8.18. The van der Waals surface area contributed by atoms with Gasteiger partial charge in [0.2, 0.25) is 0 Å². The molecule has 1 aromatic carbocycles. The van der Waals surface area contributed by atoms with Crippen LogP contribution in [-0.4, -0.2) is 14.1 Å². The molecule has 2 nitrogen and oxygen atoms in total. The van der Waals surface area contributed by atoms with E-state index in [2.05, 4.69) is 16.2 Å². The maximum absolute atomic E-state index is 3.79. The average Bonchev–Trinajstić information content (AvgIpc) is 2.07. The Morgan fingerprint density at radius 3 is 2.36 bits per heavy atom. The molecule has 0 amide bonds. The van der Waals surface area contributed by atoms with Crippen LogP contribution in [0.4, 0.5) is 5.69 Å². The molecule has 1 rings (SSSR count). The first-order valence-electron chi connectivity index (χ1n) is 3.49. The average molecular weight is 147 g/mol. The lowest BCUT2D eigenvalue weighted by molar-refractivity contribution is 1.50. The van der Waals surface area contributed by atoms with E-state index in [-0.39, 0.29) is 0 Å². The maximum Gasteiger partial charge on any atom is 0.310 e. The van der Waals surface area contributed by atoms with Crippen LogP contribution in [0.3, 0.4) is 0 Å². The molecule has 0 atom stereocenters. The van der Waals surface area contributed by atoms with Gasteiger partial charge in [-0.05, 0) is 24.3 Å². The minimum absolute atomic E-state index is 1.01. The summed E-state index contributed by atoms with van der Waals surface area (Å²) >= 11 is 0. The predicted molar refractivity (Wildman–Crippen MR) is 48.3 cm³/mol. The Balaban J connectivity index is 2.88. The third-order valence-electron chi connectivity index (χ3n) is 1.41. The number of benzene rings is 1. The fourth-order valence-corrected chi connectivity index (χ4v) is 0.841. The fourth-order valence-electron chi connectivity index (χ4n) is 0.841. The molecule has 0 aliphatic rings. The molecule has 0 radical (unpaired) electrons. The van der Waals surface area contributed by atoms with Crippen LogP contribution in [0.1, 0.15) is 5.56 Å². The van der Waals surface area contributed by atoms with E-state index in [4.69, 9.17) is 0 Å². The molecule has 11 heavy (non-hydrogen) atoms. The van der Waals surface area contributed by atoms with E-state index in [1.165, 1.54) is 0 Å². The van der Waals surface area contributed by atoms with Gasteiger partial charge in [-0.25, -0.2) is 0 Å². The Kier molecular flexibility index (Phi) is 2.51. The topological polar surface area (TPSA) is 16.4 Å². The Morgan fingerprint density at radius 1 is 1.27 bits per heavy atom. The standard InChI is InChI=1S/C9H10N2/c1-10-7-8-3-5-9(11-2)6-4-8/h3-6H,1-2H3/p+1. The number of anilines is 1. The highest BCUT2D eigenvalue weighted by molar-refractivity contribution is 5.47. The zero-order chi connectivity index (χ0) is 8.10. The van der Waals surface area contributed by atoms with E-state index in [1.807, 2.05) is 31.3 Å². The summed E-state index contributed by atoms with van der Waals surface area (Å²) in [5.41, 5.74) is 2.11. The minimum Gasteiger partial charge on any atom is -0.388 e. The molecular weight excluding hydrogens is 136 g/mol. The number of nitrogens with one attached hydrogen (secondary N) is 1. The van der Waals surface area contributed by atoms with E-state index < -0.39 is 0 Å². The minimum atomic E-state index is 1.01. The van der Waals surface area contributed by atoms with Crippen molar-refractivity contribution in [3.05, 3.63) is 34.7 Å². The summed E-state index contributed by atoms with van der Waals surface area (Å²) in [4.78, 5) is 3.79. The van der Waals surface area contributed by atoms with Crippen molar-refractivity contribution in [3.63, 3.8) is 0 Å². The Morgan fingerprint density at radius 2 is 1.91 bits per heavy atom. The molecule has 1 aromatic rings. The Hall–Kier alpha value is -1.49. The summed E-state index contributed by atoms with van der Waals surface area (Å²) in [7, 11) is 3.61. The molecular formula is C9H11N2+. The predicted octanol–water partition coefficient (Wildman–Crippen LogP) is 2.04. The number of rotatable bonds is 1. The Labute approximate surface area is 66.7 Å². The smallest absolute Gasteiger partial charge is 0.310 e. The van der Waals surface area contributed by atoms with Gasteiger partial charge in [-0.2, -0.15) is 0 Å². The second kappa shape index (κ2) is 3.62. The van der Waals surface area contributed by atoms with Gasteiger partial charge in [-0.3, -0.25) is 0 Å². The van der Waals surface area contributed by atoms with Crippen molar-refractivity contribution in [2.45, 2.75) is 0 Å². The quantitative estimate of drug-likeness (QED) is 0.643. The largest absolute Gasteiger partial charge is 0.388 e. The second-order valence-corrected chi connectivity index (χ2v) is 2.16. The first-order valence-corrected chi connectivity index (χ1v) is 3.49. The number of nitrogens with zero attached hydrogens (tertiary/aromatic N) is 1. The van der Waals surface area contributed by atoms with Gasteiger partial charge in [0.1, 0.15) is 5.56 Å². The van der Waals surface area contributed by atoms with Crippen LogP contribution >= 0.6 is 0 Å². The molecule has 1 N–H and O–H groups in total. The molecule has 0 bridgehead atoms. The van der Waals surface area contributed by atoms with Crippen LogP contribution in [0.5, 0.6) is 0 Å². The van der Waals surface area contributed by atoms with Crippen molar-refractivity contribution < 1.29 is 0 Å². The summed E-state index contributed by atoms with van der Waals surface area (Å²) in [5, 5.41) is 3.04. The number of hydrogen-bond donors (Lipinski definition) is 1. The SMILES string of the molecule is C[N+]#Cc1ccc(NC)cc1. The zero-order valence-electron chi connectivity index (χ0n) is 6.76. The monoisotopic (exact) mass is 147 g/mol. The first kappa shape index (κ1) is 7.62. The molecule has 0 aliphatic heterocycles. The van der Waals surface area contributed by atoms with Gasteiger partial charge in [0.25, 0.3) is 7.05 Å². The molecule has 0 unspecified atom stereocenters. The Bertz CT molecular complexity index is 277. The van der Waals surface area contributed by atoms with E-state index in [0.717, 1.165) is 11.3 Å². The lowest BCUT2D eigenvalue weighted by Gasteiger charge is -1.95. The van der Waals surface area contributed by atoms with E-state index in [1.54, 1.807) is 7.05 Å². The molecule has 56 valence electrons. The highest BCUT2D eigenvalue weighted by Gasteiger charge is 1.92. The lowest BCUT2D eigenvalue weighted by Crippen LogP contribution is -1.86. The van der Waals surface area contributed by atoms with Crippen LogP contribution in [0.25, 0.3) is 4.85 Å². The molecule has 0 aliphatic carbocycles. The van der Waals surface area contributed by atoms with Crippen molar-refractivity contribution in [3.8, 4) is 6.07 Å². The third-order valence-corrected chi connectivity index (χ3v) is 1.41. The highest BCUT2D eigenvalue weighted by atomic mass is 14.8. The summed E-state index contributed by atoms with van der Waals surface area (Å²) < 4.78 is 0. The molecule has 2 heteroatoms. The van der Waals surface area contributed by atoms with Crippen LogP contribution in [0, 0.1) is 6.07 Å². The van der Waals surface area contributed by atoms with E-state index in [0.29, 0.717) is 0 Å². The number of hydrogen-bond acceptors (Lipinski definition) is 1. The van der Waals surface area contributed by atoms with Gasteiger partial charge in [0, 0.05) is 12.7 Å². The van der Waals surface area contributed by atoms with Crippen molar-refractivity contribution in [2.75, 3.05) is 19.4 Å². The zero-order valence-corrected chi connectivity index (χ0v) is 6.76. The lowest BCUT2D eigenvalue weighted by atomic mass is 10.2. The van der Waals surface area contributed by atoms with Crippen LogP contribution in [0.15, 0.2) is 24.3 Å². The summed E-state index contributed by atoms with van der Waals surface area (Å²) in [6.07, 6.45) is 0. The van der Waals surface area contributed by atoms with Gasteiger partial charge < -0.3 is 5.32 Å². The molecule has 0 heterocycles. The molecule has 0 fully saturated rings. The van der Waals surface area contributed by atoms with Crippen molar-refractivity contribution >= 4 is 5.69 Å². The molecule has 0 spiro atoms. The van der Waals surface area contributed by atoms with E-state index in [9.17, 15) is 0 Å². The molecule has 0 saturated carbocycles. The highest BCUT2D eigenvalue weighted by Crippen LogP contribution is 2.06. The van der Waals surface area contributed by atoms with Crippen molar-refractivity contribution in [2.24, 2.45) is 0 Å². The van der Waals surface area contributed by atoms with Gasteiger partial charge >= 0.3 is 6.07 Å². The van der Waals surface area contributed by atoms with Gasteiger partial charge in [0.05, 0.1) is 0 Å². The summed E-state index contributed by atoms with van der Waals surface area (Å²) in [6.45, 7) is 0. The van der Waals surface area contributed by atoms with Gasteiger partial charge in [-0.1, -0.05) is 4.85 Å². The summed E-state index contributed by atoms with van der Waals surface area (Å²) in [6, 6.07) is 10.8. The van der Waals surface area contributed by atoms with Crippen molar-refractivity contribution in [1.29, 1.82) is 0 Å².